The Kier molecular flexibility index (Phi) is 6.63. The van der Waals surface area contributed by atoms with E-state index in [1.807, 2.05) is 35.0 Å². The molecule has 0 saturated carbocycles. The highest BCUT2D eigenvalue weighted by Gasteiger charge is 2.31. The summed E-state index contributed by atoms with van der Waals surface area (Å²) in [5.41, 5.74) is 4.82. The van der Waals surface area contributed by atoms with E-state index in [0.717, 1.165) is 59.3 Å². The van der Waals surface area contributed by atoms with Crippen molar-refractivity contribution in [3.8, 4) is 5.75 Å². The Hall–Kier alpha value is -3.52. The van der Waals surface area contributed by atoms with Gasteiger partial charge >= 0.3 is 0 Å². The number of aromatic nitrogens is 5. The van der Waals surface area contributed by atoms with E-state index in [0.29, 0.717) is 17.9 Å². The molecular weight excluding hydrogens is 440 g/mol. The fourth-order valence-electron chi connectivity index (χ4n) is 5.02. The van der Waals surface area contributed by atoms with Crippen LogP contribution in [0.1, 0.15) is 59.8 Å². The molecule has 1 saturated heterocycles. The molecule has 2 aromatic carbocycles. The van der Waals surface area contributed by atoms with Crippen LogP contribution in [-0.2, 0) is 6.54 Å². The number of tetrazole rings is 1. The molecule has 1 atom stereocenters. The van der Waals surface area contributed by atoms with Crippen molar-refractivity contribution in [1.29, 1.82) is 0 Å². The molecule has 182 valence electrons. The van der Waals surface area contributed by atoms with Crippen LogP contribution in [0.4, 0.5) is 0 Å². The molecule has 2 aromatic heterocycles. The number of fused-ring (bicyclic) bond motifs is 1. The van der Waals surface area contributed by atoms with Gasteiger partial charge in [-0.2, -0.15) is 0 Å². The van der Waals surface area contributed by atoms with Gasteiger partial charge in [0, 0.05) is 5.56 Å². The number of likely N-dealkylation sites (tertiary alicyclic amines) is 1. The molecule has 4 aromatic rings. The summed E-state index contributed by atoms with van der Waals surface area (Å²) >= 11 is 0. The predicted molar refractivity (Wildman–Crippen MR) is 136 cm³/mol. The molecule has 8 nitrogen and oxygen atoms in total. The van der Waals surface area contributed by atoms with Gasteiger partial charge in [0.15, 0.2) is 5.82 Å². The molecule has 0 radical (unpaired) electrons. The van der Waals surface area contributed by atoms with E-state index < -0.39 is 0 Å². The Bertz CT molecular complexity index is 1370. The van der Waals surface area contributed by atoms with E-state index in [-0.39, 0.29) is 11.6 Å². The van der Waals surface area contributed by atoms with Gasteiger partial charge in [-0.05, 0) is 90.5 Å². The van der Waals surface area contributed by atoms with Crippen LogP contribution in [0.3, 0.4) is 0 Å². The first-order valence-corrected chi connectivity index (χ1v) is 12.3. The van der Waals surface area contributed by atoms with Crippen molar-refractivity contribution >= 4 is 10.9 Å². The molecule has 1 unspecified atom stereocenters. The first-order valence-electron chi connectivity index (χ1n) is 12.3. The van der Waals surface area contributed by atoms with Crippen LogP contribution < -0.4 is 10.3 Å². The van der Waals surface area contributed by atoms with E-state index in [4.69, 9.17) is 4.74 Å². The second kappa shape index (κ2) is 10.00. The number of rotatable bonds is 6. The van der Waals surface area contributed by atoms with Gasteiger partial charge < -0.3 is 9.72 Å². The largest absolute Gasteiger partial charge is 0.497 e. The van der Waals surface area contributed by atoms with Crippen molar-refractivity contribution in [3.05, 3.63) is 80.9 Å². The summed E-state index contributed by atoms with van der Waals surface area (Å²) in [6, 6.07) is 13.8. The summed E-state index contributed by atoms with van der Waals surface area (Å²) in [5.74, 6) is 1.50. The number of nitrogens with one attached hydrogen (secondary N) is 1. The van der Waals surface area contributed by atoms with Crippen molar-refractivity contribution in [1.82, 2.24) is 30.1 Å². The maximum Gasteiger partial charge on any atom is 0.253 e. The first kappa shape index (κ1) is 23.2. The summed E-state index contributed by atoms with van der Waals surface area (Å²) in [6.07, 6.45) is 4.60. The van der Waals surface area contributed by atoms with E-state index in [9.17, 15) is 4.79 Å². The summed E-state index contributed by atoms with van der Waals surface area (Å²) in [7, 11) is 1.66. The number of H-pyrrole nitrogens is 1. The maximum absolute atomic E-state index is 13.5. The molecule has 5 rings (SSSR count). The van der Waals surface area contributed by atoms with Crippen LogP contribution in [-0.4, -0.2) is 50.3 Å². The van der Waals surface area contributed by atoms with Gasteiger partial charge in [0.2, 0.25) is 0 Å². The lowest BCUT2D eigenvalue weighted by molar-refractivity contribution is 0.220. The third-order valence-electron chi connectivity index (χ3n) is 7.18. The molecule has 8 heteroatoms. The van der Waals surface area contributed by atoms with Crippen molar-refractivity contribution in [3.63, 3.8) is 0 Å². The molecule has 0 spiro atoms. The van der Waals surface area contributed by atoms with E-state index in [2.05, 4.69) is 51.4 Å². The van der Waals surface area contributed by atoms with Crippen molar-refractivity contribution in [2.75, 3.05) is 20.2 Å². The van der Waals surface area contributed by atoms with Gasteiger partial charge in [-0.3, -0.25) is 9.69 Å². The van der Waals surface area contributed by atoms with E-state index >= 15 is 0 Å². The van der Waals surface area contributed by atoms with Crippen LogP contribution in [0.5, 0.6) is 5.75 Å². The average molecular weight is 473 g/mol. The Balaban J connectivity index is 1.60. The van der Waals surface area contributed by atoms with Crippen LogP contribution in [0.25, 0.3) is 10.9 Å². The molecule has 35 heavy (non-hydrogen) atoms. The zero-order chi connectivity index (χ0) is 24.4. The molecule has 0 aliphatic carbocycles. The van der Waals surface area contributed by atoms with Gasteiger partial charge in [-0.1, -0.05) is 37.1 Å². The molecule has 0 bridgehead atoms. The van der Waals surface area contributed by atoms with Gasteiger partial charge in [-0.25, -0.2) is 4.68 Å². The fourth-order valence-corrected chi connectivity index (χ4v) is 5.02. The average Bonchev–Trinajstić information content (AvgIpc) is 3.14. The maximum atomic E-state index is 13.5. The minimum atomic E-state index is -0.323. The highest BCUT2D eigenvalue weighted by molar-refractivity contribution is 5.83. The van der Waals surface area contributed by atoms with Gasteiger partial charge in [0.1, 0.15) is 11.8 Å². The quantitative estimate of drug-likeness (QED) is 0.453. The smallest absolute Gasteiger partial charge is 0.253 e. The van der Waals surface area contributed by atoms with Crippen LogP contribution >= 0.6 is 0 Å². The number of aromatic amines is 1. The summed E-state index contributed by atoms with van der Waals surface area (Å²) in [5, 5.41) is 13.8. The van der Waals surface area contributed by atoms with Gasteiger partial charge in [0.25, 0.3) is 5.56 Å². The van der Waals surface area contributed by atoms with Gasteiger partial charge in [-0.15, -0.1) is 5.10 Å². The van der Waals surface area contributed by atoms with Crippen LogP contribution in [0.15, 0.2) is 47.3 Å². The fraction of sp³-hybridized carbons (Fsp3) is 0.407. The van der Waals surface area contributed by atoms with Crippen LogP contribution in [0.2, 0.25) is 0 Å². The summed E-state index contributed by atoms with van der Waals surface area (Å²) in [4.78, 5) is 19.1. The number of pyridine rings is 1. The minimum Gasteiger partial charge on any atom is -0.497 e. The molecule has 1 fully saturated rings. The number of methoxy groups -OCH3 is 1. The summed E-state index contributed by atoms with van der Waals surface area (Å²) < 4.78 is 7.11. The number of benzene rings is 2. The van der Waals surface area contributed by atoms with E-state index in [1.54, 1.807) is 7.11 Å². The SMILES string of the molecule is COc1ccc(Cn2nnnc2C(c2cc3ccc(C)c(C)c3[nH]c2=O)N2CCCCCC2)cc1. The summed E-state index contributed by atoms with van der Waals surface area (Å²) in [6.45, 7) is 6.44. The molecule has 1 aliphatic rings. The molecule has 1 N–H and O–H groups in total. The number of hydrogen-bond acceptors (Lipinski definition) is 6. The lowest BCUT2D eigenvalue weighted by atomic mass is 10.00. The van der Waals surface area contributed by atoms with Crippen molar-refractivity contribution in [2.45, 2.75) is 52.1 Å². The lowest BCUT2D eigenvalue weighted by Crippen LogP contribution is -2.36. The minimum absolute atomic E-state index is 0.0838. The first-order chi connectivity index (χ1) is 17.0. The lowest BCUT2D eigenvalue weighted by Gasteiger charge is -2.29. The number of ether oxygens (including phenoxy) is 1. The zero-order valence-corrected chi connectivity index (χ0v) is 20.6. The third kappa shape index (κ3) is 4.71. The molecule has 3 heterocycles. The zero-order valence-electron chi connectivity index (χ0n) is 20.6. The standard InChI is InChI=1S/C27H32N6O2/c1-18-8-11-21-16-23(27(34)28-24(21)19(18)2)25(32-14-6-4-5-7-15-32)26-29-30-31-33(26)17-20-9-12-22(35-3)13-10-20/h8-13,16,25H,4-7,14-15,17H2,1-3H3,(H,28,34). The normalized spacial score (nSPS) is 15.7. The second-order valence-corrected chi connectivity index (χ2v) is 9.42. The molecular formula is C27H32N6O2. The Labute approximate surface area is 204 Å². The molecule has 0 amide bonds. The van der Waals surface area contributed by atoms with Crippen molar-refractivity contribution in [2.24, 2.45) is 0 Å². The number of hydrogen-bond donors (Lipinski definition) is 1. The Morgan fingerprint density at radius 3 is 2.49 bits per heavy atom. The van der Waals surface area contributed by atoms with E-state index in [1.165, 1.54) is 12.8 Å². The number of nitrogens with zero attached hydrogens (tertiary/aromatic N) is 5. The molecule has 1 aliphatic heterocycles. The highest BCUT2D eigenvalue weighted by Crippen LogP contribution is 2.30. The Morgan fingerprint density at radius 1 is 1.03 bits per heavy atom. The number of aryl methyl sites for hydroxylation is 2. The monoisotopic (exact) mass is 472 g/mol. The Morgan fingerprint density at radius 2 is 1.77 bits per heavy atom. The second-order valence-electron chi connectivity index (χ2n) is 9.42. The van der Waals surface area contributed by atoms with Crippen LogP contribution in [0, 0.1) is 13.8 Å². The van der Waals surface area contributed by atoms with Crippen molar-refractivity contribution < 1.29 is 4.74 Å². The van der Waals surface area contributed by atoms with Gasteiger partial charge in [0.05, 0.1) is 19.2 Å². The topological polar surface area (TPSA) is 88.9 Å². The highest BCUT2D eigenvalue weighted by atomic mass is 16.5. The predicted octanol–water partition coefficient (Wildman–Crippen LogP) is 4.15. The third-order valence-corrected chi connectivity index (χ3v) is 7.18.